The van der Waals surface area contributed by atoms with Gasteiger partial charge >= 0.3 is 7.82 Å². The zero-order chi connectivity index (χ0) is 31.0. The molecule has 1 fully saturated rings. The first-order valence-corrected chi connectivity index (χ1v) is 16.3. The van der Waals surface area contributed by atoms with Gasteiger partial charge in [-0.2, -0.15) is 0 Å². The van der Waals surface area contributed by atoms with E-state index in [9.17, 15) is 29.9 Å². The van der Waals surface area contributed by atoms with Gasteiger partial charge < -0.3 is 30.1 Å². The summed E-state index contributed by atoms with van der Waals surface area (Å²) in [6.45, 7) is 12.2. The molecule has 5 N–H and O–H groups in total. The number of hydrogen-bond donors (Lipinski definition) is 5. The Morgan fingerprint density at radius 1 is 0.805 bits per heavy atom. The zero-order valence-corrected chi connectivity index (χ0v) is 26.8. The summed E-state index contributed by atoms with van der Waals surface area (Å²) in [5, 5.41) is 38.8. The van der Waals surface area contributed by atoms with Crippen LogP contribution in [0, 0.1) is 5.92 Å². The lowest BCUT2D eigenvalue weighted by molar-refractivity contribution is -0.281. The van der Waals surface area contributed by atoms with Crippen molar-refractivity contribution in [3.63, 3.8) is 0 Å². The minimum atomic E-state index is -4.60. The molecule has 41 heavy (non-hydrogen) atoms. The fourth-order valence-corrected chi connectivity index (χ4v) is 5.27. The van der Waals surface area contributed by atoms with Crippen LogP contribution in [0.4, 0.5) is 0 Å². The lowest BCUT2D eigenvalue weighted by atomic mass is 10.00. The minimum absolute atomic E-state index is 0.0384. The number of aliphatic hydroxyl groups is 4. The van der Waals surface area contributed by atoms with Gasteiger partial charge in [-0.1, -0.05) is 53.5 Å². The molecule has 0 spiro atoms. The van der Waals surface area contributed by atoms with Crippen molar-refractivity contribution in [2.75, 3.05) is 13.2 Å². The maximum atomic E-state index is 12.3. The smallest absolute Gasteiger partial charge is 0.394 e. The van der Waals surface area contributed by atoms with Crippen molar-refractivity contribution in [3.8, 4) is 0 Å². The Hall–Kier alpha value is -1.13. The van der Waals surface area contributed by atoms with Gasteiger partial charge in [0.05, 0.1) is 13.2 Å². The fourth-order valence-electron chi connectivity index (χ4n) is 4.43. The van der Waals surface area contributed by atoms with Crippen LogP contribution in [0.2, 0.25) is 0 Å². The van der Waals surface area contributed by atoms with Crippen molar-refractivity contribution in [2.24, 2.45) is 5.92 Å². The molecular formula is C31H55O9P. The van der Waals surface area contributed by atoms with E-state index >= 15 is 0 Å². The zero-order valence-electron chi connectivity index (χ0n) is 25.9. The topological polar surface area (TPSA) is 146 Å². The van der Waals surface area contributed by atoms with Gasteiger partial charge in [-0.15, -0.1) is 0 Å². The molecule has 0 amide bonds. The largest absolute Gasteiger partial charge is 0.474 e. The molecule has 0 aliphatic carbocycles. The van der Waals surface area contributed by atoms with Crippen molar-refractivity contribution in [1.29, 1.82) is 0 Å². The average Bonchev–Trinajstić information content (AvgIpc) is 2.88. The van der Waals surface area contributed by atoms with E-state index in [1.165, 1.54) is 22.3 Å². The Bertz CT molecular complexity index is 921. The Morgan fingerprint density at radius 3 is 1.83 bits per heavy atom. The first-order chi connectivity index (χ1) is 19.3. The minimum Gasteiger partial charge on any atom is -0.394 e. The van der Waals surface area contributed by atoms with E-state index in [-0.39, 0.29) is 12.5 Å². The molecule has 0 aromatic rings. The van der Waals surface area contributed by atoms with Crippen molar-refractivity contribution < 1.29 is 43.7 Å². The number of allylic oxidation sites excluding steroid dienone is 8. The van der Waals surface area contributed by atoms with Crippen molar-refractivity contribution in [3.05, 3.63) is 46.6 Å². The molecule has 0 radical (unpaired) electrons. The third kappa shape index (κ3) is 16.3. The Kier molecular flexibility index (Phi) is 18.4. The molecule has 0 bridgehead atoms. The van der Waals surface area contributed by atoms with E-state index in [1.807, 2.05) is 6.92 Å². The predicted molar refractivity (Wildman–Crippen MR) is 162 cm³/mol. The van der Waals surface area contributed by atoms with Gasteiger partial charge in [-0.3, -0.25) is 9.05 Å². The molecular weight excluding hydrogens is 547 g/mol. The number of hydrogen-bond acceptors (Lipinski definition) is 8. The summed E-state index contributed by atoms with van der Waals surface area (Å²) in [6, 6.07) is 0. The normalized spacial score (nSPS) is 26.5. The summed E-state index contributed by atoms with van der Waals surface area (Å²) in [5.41, 5.74) is 5.61. The third-order valence-corrected chi connectivity index (χ3v) is 8.24. The number of aliphatic hydroxyl groups excluding tert-OH is 4. The molecule has 1 saturated heterocycles. The second kappa shape index (κ2) is 19.9. The fraction of sp³-hybridized carbons (Fsp3) is 0.742. The van der Waals surface area contributed by atoms with Gasteiger partial charge in [0.2, 0.25) is 0 Å². The molecule has 0 saturated carbocycles. The summed E-state index contributed by atoms with van der Waals surface area (Å²) >= 11 is 0. The van der Waals surface area contributed by atoms with Crippen molar-refractivity contribution in [1.82, 2.24) is 0 Å². The maximum absolute atomic E-state index is 12.3. The summed E-state index contributed by atoms with van der Waals surface area (Å²) in [7, 11) is -4.60. The molecule has 0 aromatic heterocycles. The monoisotopic (exact) mass is 602 g/mol. The Balaban J connectivity index is 2.29. The molecule has 7 atom stereocenters. The second-order valence-corrected chi connectivity index (χ2v) is 13.0. The summed E-state index contributed by atoms with van der Waals surface area (Å²) in [6.07, 6.45) is 10.0. The van der Waals surface area contributed by atoms with Gasteiger partial charge in [0.15, 0.2) is 6.29 Å². The molecule has 0 aromatic carbocycles. The van der Waals surface area contributed by atoms with Crippen molar-refractivity contribution >= 4 is 7.82 Å². The average molecular weight is 603 g/mol. The maximum Gasteiger partial charge on any atom is 0.474 e. The lowest BCUT2D eigenvalue weighted by Gasteiger charge is -2.39. The van der Waals surface area contributed by atoms with Crippen LogP contribution < -0.4 is 0 Å². The second-order valence-electron chi connectivity index (χ2n) is 11.6. The first kappa shape index (κ1) is 37.9. The van der Waals surface area contributed by atoms with Gasteiger partial charge in [0.1, 0.15) is 24.4 Å². The van der Waals surface area contributed by atoms with Crippen LogP contribution in [-0.2, 0) is 18.3 Å². The molecule has 1 rings (SSSR count). The summed E-state index contributed by atoms with van der Waals surface area (Å²) in [5.74, 6) is 0.243. The molecule has 1 aliphatic heterocycles. The van der Waals surface area contributed by atoms with Crippen LogP contribution in [0.25, 0.3) is 0 Å². The van der Waals surface area contributed by atoms with E-state index in [0.29, 0.717) is 6.42 Å². The highest BCUT2D eigenvalue weighted by Crippen LogP contribution is 2.46. The highest BCUT2D eigenvalue weighted by Gasteiger charge is 2.46. The molecule has 238 valence electrons. The van der Waals surface area contributed by atoms with E-state index in [0.717, 1.165) is 51.4 Å². The standard InChI is InChI=1S/C31H55O9P/c1-22(2)11-7-12-23(3)13-8-14-24(4)15-9-16-25(5)17-10-18-26(6)19-20-38-41(36,37)40-31-30(35)29(34)28(33)27(21-32)39-31/h11,13,15,17,26-35H,7-10,12,14,16,18-21H2,1-6H3,(H,36,37)/b23-13+,24-15+,25-17-/t26?,27-,28-,29+,30+,31?/m1/s1. The number of phosphoric ester groups is 1. The molecule has 9 nitrogen and oxygen atoms in total. The van der Waals surface area contributed by atoms with Crippen LogP contribution in [0.1, 0.15) is 99.3 Å². The van der Waals surface area contributed by atoms with E-state index < -0.39 is 45.1 Å². The molecule has 1 heterocycles. The van der Waals surface area contributed by atoms with Gasteiger partial charge in [-0.25, -0.2) is 4.57 Å². The predicted octanol–water partition coefficient (Wildman–Crippen LogP) is 5.87. The quantitative estimate of drug-likeness (QED) is 0.0905. The molecule has 3 unspecified atom stereocenters. The van der Waals surface area contributed by atoms with E-state index in [4.69, 9.17) is 13.8 Å². The van der Waals surface area contributed by atoms with Crippen molar-refractivity contribution in [2.45, 2.75) is 130 Å². The van der Waals surface area contributed by atoms with Gasteiger partial charge in [0, 0.05) is 0 Å². The number of rotatable bonds is 19. The number of phosphoric acid groups is 1. The molecule has 1 aliphatic rings. The van der Waals surface area contributed by atoms with Gasteiger partial charge in [0.25, 0.3) is 0 Å². The van der Waals surface area contributed by atoms with E-state index in [2.05, 4.69) is 58.9 Å². The van der Waals surface area contributed by atoms with Crippen LogP contribution in [0.15, 0.2) is 46.6 Å². The Morgan fingerprint density at radius 2 is 1.32 bits per heavy atom. The van der Waals surface area contributed by atoms with Gasteiger partial charge in [-0.05, 0) is 98.3 Å². The highest BCUT2D eigenvalue weighted by atomic mass is 31.2. The highest BCUT2D eigenvalue weighted by molar-refractivity contribution is 7.47. The van der Waals surface area contributed by atoms with Crippen LogP contribution in [-0.4, -0.2) is 69.2 Å². The number of ether oxygens (including phenoxy) is 1. The van der Waals surface area contributed by atoms with Crippen LogP contribution in [0.3, 0.4) is 0 Å². The SMILES string of the molecule is CC(C)=CCC/C(C)=C/CC/C(C)=C/CC/C(C)=C\CCC(C)CCOP(=O)(O)OC1O[C@H](CO)[C@@H](O)[C@H](O)[C@@H]1O. The van der Waals surface area contributed by atoms with Crippen LogP contribution in [0.5, 0.6) is 0 Å². The summed E-state index contributed by atoms with van der Waals surface area (Å²) in [4.78, 5) is 9.99. The lowest BCUT2D eigenvalue weighted by Crippen LogP contribution is -2.58. The Labute approximate surface area is 247 Å². The third-order valence-electron chi connectivity index (χ3n) is 7.26. The summed E-state index contributed by atoms with van der Waals surface area (Å²) < 4.78 is 27.3. The molecule has 10 heteroatoms. The first-order valence-electron chi connectivity index (χ1n) is 14.8. The van der Waals surface area contributed by atoms with Crippen LogP contribution >= 0.6 is 7.82 Å². The van der Waals surface area contributed by atoms with E-state index in [1.54, 1.807) is 0 Å².